The Bertz CT molecular complexity index is 1210. The van der Waals surface area contributed by atoms with Gasteiger partial charge in [-0.05, 0) is 30.3 Å². The Morgan fingerprint density at radius 3 is 2.28 bits per heavy atom. The summed E-state index contributed by atoms with van der Waals surface area (Å²) < 4.78 is 51.2. The first-order valence-corrected chi connectivity index (χ1v) is 12.4. The minimum atomic E-state index is -3.80. The molecule has 0 unspecified atom stereocenters. The quantitative estimate of drug-likeness (QED) is 0.510. The van der Waals surface area contributed by atoms with Crippen LogP contribution >= 0.6 is 22.9 Å². The average Bonchev–Trinajstić information content (AvgIpc) is 3.29. The molecule has 170 valence electrons. The van der Waals surface area contributed by atoms with Gasteiger partial charge in [-0.1, -0.05) is 11.6 Å². The zero-order valence-corrected chi connectivity index (χ0v) is 19.8. The van der Waals surface area contributed by atoms with Crippen LogP contribution in [0.1, 0.15) is 0 Å². The normalized spacial score (nSPS) is 15.1. The molecule has 2 aromatic carbocycles. The fourth-order valence-corrected chi connectivity index (χ4v) is 6.26. The first kappa shape index (κ1) is 22.8. The fraction of sp³-hybridized carbons (Fsp3) is 0.286. The van der Waals surface area contributed by atoms with Crippen molar-refractivity contribution < 1.29 is 22.3 Å². The van der Waals surface area contributed by atoms with E-state index in [0.717, 1.165) is 28.5 Å². The van der Waals surface area contributed by atoms with Crippen molar-refractivity contribution in [3.63, 3.8) is 0 Å². The van der Waals surface area contributed by atoms with Crippen LogP contribution in [0.5, 0.6) is 11.5 Å². The van der Waals surface area contributed by atoms with E-state index in [2.05, 4.69) is 0 Å². The van der Waals surface area contributed by atoms with Crippen molar-refractivity contribution in [2.75, 3.05) is 45.3 Å². The molecule has 1 aliphatic rings. The van der Waals surface area contributed by atoms with Gasteiger partial charge in [0.2, 0.25) is 10.0 Å². The van der Waals surface area contributed by atoms with Gasteiger partial charge in [-0.25, -0.2) is 17.8 Å². The van der Waals surface area contributed by atoms with Crippen LogP contribution in [0.2, 0.25) is 5.02 Å². The Hall–Kier alpha value is -2.40. The number of hydrogen-bond acceptors (Lipinski definition) is 7. The maximum Gasteiger partial charge on any atom is 0.244 e. The lowest BCUT2D eigenvalue weighted by atomic mass is 10.1. The molecule has 1 saturated heterocycles. The molecule has 2 heterocycles. The number of rotatable bonds is 6. The predicted molar refractivity (Wildman–Crippen MR) is 123 cm³/mol. The van der Waals surface area contributed by atoms with E-state index in [0.29, 0.717) is 24.6 Å². The summed E-state index contributed by atoms with van der Waals surface area (Å²) in [5.41, 5.74) is 1.66. The van der Waals surface area contributed by atoms with Gasteiger partial charge in [-0.2, -0.15) is 4.31 Å². The Kier molecular flexibility index (Phi) is 6.57. The van der Waals surface area contributed by atoms with Crippen LogP contribution in [0, 0.1) is 5.82 Å². The van der Waals surface area contributed by atoms with Gasteiger partial charge in [-0.3, -0.25) is 0 Å². The third-order valence-electron chi connectivity index (χ3n) is 5.16. The summed E-state index contributed by atoms with van der Waals surface area (Å²) in [5.74, 6) is 0.770. The monoisotopic (exact) mass is 497 g/mol. The second-order valence-corrected chi connectivity index (χ2v) is 10.2. The highest BCUT2D eigenvalue weighted by Crippen LogP contribution is 2.33. The first-order chi connectivity index (χ1) is 15.3. The van der Waals surface area contributed by atoms with E-state index in [1.165, 1.54) is 21.7 Å². The molecule has 7 nitrogen and oxygen atoms in total. The van der Waals surface area contributed by atoms with E-state index in [1.807, 2.05) is 22.4 Å². The molecular formula is C21H21ClFN3O4S2. The summed E-state index contributed by atoms with van der Waals surface area (Å²) in [6.45, 7) is 1.51. The third-order valence-corrected chi connectivity index (χ3v) is 8.44. The van der Waals surface area contributed by atoms with E-state index >= 15 is 0 Å². The Balaban J connectivity index is 1.48. The topological polar surface area (TPSA) is 72.0 Å². The molecule has 1 aromatic heterocycles. The van der Waals surface area contributed by atoms with E-state index in [9.17, 15) is 12.8 Å². The second kappa shape index (κ2) is 9.22. The summed E-state index contributed by atoms with van der Waals surface area (Å²) in [5, 5.41) is 2.63. The van der Waals surface area contributed by atoms with Crippen molar-refractivity contribution in [1.29, 1.82) is 0 Å². The average molecular weight is 498 g/mol. The number of nitrogens with zero attached hydrogens (tertiary/aromatic N) is 3. The van der Waals surface area contributed by atoms with Gasteiger partial charge in [0.1, 0.15) is 22.2 Å². The standard InChI is InChI=1S/C21H21ClFN3O4S2/c1-29-16-9-14(10-17(12-16)30-2)19-13-31-21(24-19)25-5-7-26(8-6-25)32(27,28)20-4-3-15(23)11-18(20)22/h3-4,9-13H,5-8H2,1-2H3. The second-order valence-electron chi connectivity index (χ2n) is 7.08. The molecular weight excluding hydrogens is 477 g/mol. The molecule has 0 aliphatic carbocycles. The van der Waals surface area contributed by atoms with Gasteiger partial charge >= 0.3 is 0 Å². The number of methoxy groups -OCH3 is 2. The molecule has 0 N–H and O–H groups in total. The number of thiazole rings is 1. The lowest BCUT2D eigenvalue weighted by Crippen LogP contribution is -2.48. The Morgan fingerprint density at radius 2 is 1.69 bits per heavy atom. The smallest absolute Gasteiger partial charge is 0.244 e. The van der Waals surface area contributed by atoms with Crippen molar-refractivity contribution in [2.24, 2.45) is 0 Å². The van der Waals surface area contributed by atoms with Crippen LogP contribution < -0.4 is 14.4 Å². The molecule has 0 spiro atoms. The third kappa shape index (κ3) is 4.54. The molecule has 1 aliphatic heterocycles. The van der Waals surface area contributed by atoms with Gasteiger partial charge in [0.25, 0.3) is 0 Å². The van der Waals surface area contributed by atoms with E-state index in [4.69, 9.17) is 26.1 Å². The number of hydrogen-bond donors (Lipinski definition) is 0. The number of ether oxygens (including phenoxy) is 2. The lowest BCUT2D eigenvalue weighted by Gasteiger charge is -2.33. The van der Waals surface area contributed by atoms with Crippen molar-refractivity contribution in [2.45, 2.75) is 4.90 Å². The molecule has 0 radical (unpaired) electrons. The molecule has 0 saturated carbocycles. The highest BCUT2D eigenvalue weighted by Gasteiger charge is 2.31. The number of aromatic nitrogens is 1. The Labute approximate surface area is 195 Å². The molecule has 11 heteroatoms. The minimum Gasteiger partial charge on any atom is -0.497 e. The van der Waals surface area contributed by atoms with Gasteiger partial charge in [0, 0.05) is 43.2 Å². The van der Waals surface area contributed by atoms with E-state index < -0.39 is 15.8 Å². The highest BCUT2D eigenvalue weighted by molar-refractivity contribution is 7.89. The Morgan fingerprint density at radius 1 is 1.03 bits per heavy atom. The summed E-state index contributed by atoms with van der Waals surface area (Å²) in [6.07, 6.45) is 0. The fourth-order valence-electron chi connectivity index (χ4n) is 3.44. The molecule has 32 heavy (non-hydrogen) atoms. The van der Waals surface area contributed by atoms with Crippen molar-refractivity contribution in [3.05, 3.63) is 52.6 Å². The maximum absolute atomic E-state index is 13.3. The van der Waals surface area contributed by atoms with Crippen molar-refractivity contribution >= 4 is 38.1 Å². The molecule has 1 fully saturated rings. The molecule has 0 amide bonds. The van der Waals surface area contributed by atoms with Crippen LogP contribution in [0.3, 0.4) is 0 Å². The SMILES string of the molecule is COc1cc(OC)cc(-c2csc(N3CCN(S(=O)(=O)c4ccc(F)cc4Cl)CC3)n2)c1. The van der Waals surface area contributed by atoms with Crippen LogP contribution in [0.15, 0.2) is 46.7 Å². The van der Waals surface area contributed by atoms with Crippen LogP contribution in [-0.2, 0) is 10.0 Å². The molecule has 4 rings (SSSR count). The van der Waals surface area contributed by atoms with Crippen LogP contribution in [0.4, 0.5) is 9.52 Å². The molecule has 0 atom stereocenters. The number of halogens is 2. The molecule has 0 bridgehead atoms. The summed E-state index contributed by atoms with van der Waals surface area (Å²) in [4.78, 5) is 6.69. The van der Waals surface area contributed by atoms with Gasteiger partial charge in [0.05, 0.1) is 24.9 Å². The largest absolute Gasteiger partial charge is 0.497 e. The van der Waals surface area contributed by atoms with Gasteiger partial charge < -0.3 is 14.4 Å². The van der Waals surface area contributed by atoms with Crippen LogP contribution in [0.25, 0.3) is 11.3 Å². The van der Waals surface area contributed by atoms with E-state index in [1.54, 1.807) is 20.3 Å². The predicted octanol–water partition coefficient (Wildman–Crippen LogP) is 4.13. The van der Waals surface area contributed by atoms with Gasteiger partial charge in [-0.15, -0.1) is 11.3 Å². The zero-order chi connectivity index (χ0) is 22.9. The number of anilines is 1. The maximum atomic E-state index is 13.3. The van der Waals surface area contributed by atoms with Gasteiger partial charge in [0.15, 0.2) is 5.13 Å². The summed E-state index contributed by atoms with van der Waals surface area (Å²) >= 11 is 7.47. The number of piperazine rings is 1. The van der Waals surface area contributed by atoms with E-state index in [-0.39, 0.29) is 23.0 Å². The van der Waals surface area contributed by atoms with Crippen molar-refractivity contribution in [3.8, 4) is 22.8 Å². The zero-order valence-electron chi connectivity index (χ0n) is 17.4. The number of sulfonamides is 1. The minimum absolute atomic E-state index is 0.0856. The lowest BCUT2D eigenvalue weighted by molar-refractivity contribution is 0.384. The molecule has 3 aromatic rings. The summed E-state index contributed by atoms with van der Waals surface area (Å²) in [7, 11) is -0.615. The number of benzene rings is 2. The van der Waals surface area contributed by atoms with Crippen LogP contribution in [-0.4, -0.2) is 58.1 Å². The first-order valence-electron chi connectivity index (χ1n) is 9.71. The summed E-state index contributed by atoms with van der Waals surface area (Å²) in [6, 6.07) is 8.88. The highest BCUT2D eigenvalue weighted by atomic mass is 35.5. The van der Waals surface area contributed by atoms with Crippen molar-refractivity contribution in [1.82, 2.24) is 9.29 Å².